The minimum Gasteiger partial charge on any atom is -0.763 e. The zero-order valence-corrected chi connectivity index (χ0v) is 18.3. The molecule has 0 radical (unpaired) electrons. The summed E-state index contributed by atoms with van der Waals surface area (Å²) < 4.78 is 0. The highest BCUT2D eigenvalue weighted by Gasteiger charge is 2.14. The van der Waals surface area contributed by atoms with Crippen molar-refractivity contribution in [1.82, 2.24) is 0 Å². The SMILES string of the molecule is [C-]#[N+]\C(C#N)=C(/C(C#N)=C/C=C/C=C/C(=C=[N-])/C(=C(\C#N)[N+]#[C-])c1ccccc1)c1ccccc1. The van der Waals surface area contributed by atoms with Gasteiger partial charge in [-0.1, -0.05) is 78.9 Å². The zero-order valence-electron chi connectivity index (χ0n) is 18.3. The molecule has 0 saturated carbocycles. The van der Waals surface area contributed by atoms with Gasteiger partial charge in [-0.25, -0.2) is 20.2 Å². The first-order valence-corrected chi connectivity index (χ1v) is 10.0. The average Bonchev–Trinajstić information content (AvgIpc) is 2.92. The lowest BCUT2D eigenvalue weighted by Crippen LogP contribution is -1.92. The van der Waals surface area contributed by atoms with E-state index in [1.165, 1.54) is 24.3 Å². The first-order valence-electron chi connectivity index (χ1n) is 10.0. The minimum absolute atomic E-state index is 0.127. The van der Waals surface area contributed by atoms with Crippen LogP contribution in [0.2, 0.25) is 0 Å². The van der Waals surface area contributed by atoms with Crippen molar-refractivity contribution in [1.29, 1.82) is 15.8 Å². The van der Waals surface area contributed by atoms with E-state index in [1.54, 1.807) is 66.7 Å². The summed E-state index contributed by atoms with van der Waals surface area (Å²) in [4.78, 5) is 6.51. The van der Waals surface area contributed by atoms with E-state index in [2.05, 4.69) is 9.69 Å². The number of allylic oxidation sites excluding steroid dienone is 11. The Morgan fingerprint density at radius 3 is 1.69 bits per heavy atom. The van der Waals surface area contributed by atoms with Gasteiger partial charge in [-0.15, -0.1) is 0 Å². The van der Waals surface area contributed by atoms with Crippen molar-refractivity contribution in [2.75, 3.05) is 0 Å². The molecule has 0 amide bonds. The van der Waals surface area contributed by atoms with Crippen molar-refractivity contribution in [3.63, 3.8) is 0 Å². The van der Waals surface area contributed by atoms with Crippen molar-refractivity contribution in [2.24, 2.45) is 0 Å². The molecule has 0 spiro atoms. The van der Waals surface area contributed by atoms with E-state index in [9.17, 15) is 21.2 Å². The van der Waals surface area contributed by atoms with Gasteiger partial charge in [0.05, 0.1) is 36.9 Å². The Balaban J connectivity index is 2.45. The fraction of sp³-hybridized carbons (Fsp3) is 0. The third-order valence-electron chi connectivity index (χ3n) is 4.56. The van der Waals surface area contributed by atoms with Gasteiger partial charge >= 0.3 is 0 Å². The lowest BCUT2D eigenvalue weighted by molar-refractivity contribution is 1.46. The molecule has 0 atom stereocenters. The summed E-state index contributed by atoms with van der Waals surface area (Å²) in [6, 6.07) is 23.1. The Morgan fingerprint density at radius 2 is 1.23 bits per heavy atom. The normalized spacial score (nSPS) is 12.1. The second-order valence-electron chi connectivity index (χ2n) is 6.59. The van der Waals surface area contributed by atoms with E-state index in [1.807, 2.05) is 24.1 Å². The number of rotatable bonds is 7. The molecule has 0 aliphatic rings. The van der Waals surface area contributed by atoms with Gasteiger partial charge in [0, 0.05) is 11.1 Å². The molecule has 2 rings (SSSR count). The van der Waals surface area contributed by atoms with Crippen LogP contribution in [0.15, 0.2) is 114 Å². The molecule has 0 aliphatic heterocycles. The van der Waals surface area contributed by atoms with Crippen molar-refractivity contribution in [2.45, 2.75) is 0 Å². The summed E-state index contributed by atoms with van der Waals surface area (Å²) in [7, 11) is 0. The molecule has 0 fully saturated rings. The summed E-state index contributed by atoms with van der Waals surface area (Å²) in [5.74, 6) is 2.03. The summed E-state index contributed by atoms with van der Waals surface area (Å²) in [6.45, 7) is 14.6. The highest BCUT2D eigenvalue weighted by atomic mass is 14.7. The maximum atomic E-state index is 9.67. The Hall–Kier alpha value is -5.96. The predicted molar refractivity (Wildman–Crippen MR) is 135 cm³/mol. The second kappa shape index (κ2) is 13.5. The van der Waals surface area contributed by atoms with Gasteiger partial charge in [-0.2, -0.15) is 5.26 Å². The molecule has 0 heterocycles. The molecule has 0 saturated heterocycles. The molecule has 0 unspecified atom stereocenters. The van der Waals surface area contributed by atoms with Crippen LogP contribution in [0.25, 0.3) is 26.2 Å². The molecule has 0 aliphatic carbocycles. The number of benzene rings is 2. The van der Waals surface area contributed by atoms with Crippen LogP contribution >= 0.6 is 0 Å². The van der Waals surface area contributed by atoms with Crippen LogP contribution in [0.3, 0.4) is 0 Å². The number of nitriles is 3. The van der Waals surface area contributed by atoms with Gasteiger partial charge in [-0.05, 0) is 28.9 Å². The van der Waals surface area contributed by atoms with E-state index >= 15 is 0 Å². The topological polar surface area (TPSA) is 102 Å². The molecular weight excluding hydrogens is 432 g/mol. The molecule has 35 heavy (non-hydrogen) atoms. The fourth-order valence-electron chi connectivity index (χ4n) is 3.04. The third-order valence-corrected chi connectivity index (χ3v) is 4.56. The van der Waals surface area contributed by atoms with Gasteiger partial charge in [0.15, 0.2) is 0 Å². The summed E-state index contributed by atoms with van der Waals surface area (Å²) in [5, 5.41) is 38.1. The second-order valence-corrected chi connectivity index (χ2v) is 6.59. The molecule has 0 N–H and O–H groups in total. The Labute approximate surface area is 204 Å². The summed E-state index contributed by atoms with van der Waals surface area (Å²) in [5.41, 5.74) is 1.45. The molecule has 2 aromatic carbocycles. The molecule has 162 valence electrons. The monoisotopic (exact) mass is 447 g/mol. The highest BCUT2D eigenvalue weighted by Crippen LogP contribution is 2.28. The van der Waals surface area contributed by atoms with Crippen LogP contribution in [0.5, 0.6) is 0 Å². The first-order chi connectivity index (χ1) is 17.1. The van der Waals surface area contributed by atoms with Crippen LogP contribution in [-0.4, -0.2) is 5.87 Å². The molecule has 6 nitrogen and oxygen atoms in total. The molecule has 6 heteroatoms. The fourth-order valence-corrected chi connectivity index (χ4v) is 3.04. The van der Waals surface area contributed by atoms with Crippen LogP contribution in [0.1, 0.15) is 11.1 Å². The molecule has 0 aromatic heterocycles. The van der Waals surface area contributed by atoms with E-state index in [0.29, 0.717) is 11.1 Å². The third kappa shape index (κ3) is 6.51. The van der Waals surface area contributed by atoms with Crippen molar-refractivity contribution in [3.05, 3.63) is 153 Å². The standard InChI is InChI=1S/C29H15N6/c1-34-26(20-32)28(22-12-6-3-7-13-22)24(18-30)16-10-5-11-17-25(19-31)29(27(21-33)35-2)23-14-8-4-9-15-23/h3-17H/q-1/b10-5+,17-11+,24-16+,28-26-,29-27+. The van der Waals surface area contributed by atoms with Gasteiger partial charge in [0.1, 0.15) is 0 Å². The Morgan fingerprint density at radius 1 is 0.714 bits per heavy atom. The summed E-state index contributed by atoms with van der Waals surface area (Å²) >= 11 is 0. The highest BCUT2D eigenvalue weighted by molar-refractivity contribution is 5.95. The van der Waals surface area contributed by atoms with Gasteiger partial charge in [-0.3, -0.25) is 5.87 Å². The molecule has 2 aromatic rings. The van der Waals surface area contributed by atoms with Gasteiger partial charge in [0.2, 0.25) is 0 Å². The predicted octanol–water partition coefficient (Wildman–Crippen LogP) is 6.42. The largest absolute Gasteiger partial charge is 0.763 e. The summed E-state index contributed by atoms with van der Waals surface area (Å²) in [6.07, 6.45) is 7.58. The quantitative estimate of drug-likeness (QED) is 0.212. The van der Waals surface area contributed by atoms with E-state index in [-0.39, 0.29) is 33.7 Å². The molecular formula is C29H15N6-. The van der Waals surface area contributed by atoms with Crippen LogP contribution < -0.4 is 0 Å². The van der Waals surface area contributed by atoms with E-state index in [0.717, 1.165) is 0 Å². The maximum Gasteiger partial charge on any atom is 0.270 e. The zero-order chi connectivity index (χ0) is 25.5. The van der Waals surface area contributed by atoms with Crippen LogP contribution in [0, 0.1) is 47.1 Å². The Kier molecular flexibility index (Phi) is 9.72. The van der Waals surface area contributed by atoms with Crippen molar-refractivity contribution in [3.8, 4) is 18.2 Å². The number of hydrogen-bond acceptors (Lipinski definition) is 3. The van der Waals surface area contributed by atoms with Crippen LogP contribution in [-0.2, 0) is 0 Å². The minimum atomic E-state index is -0.200. The van der Waals surface area contributed by atoms with Gasteiger partial charge in [0.25, 0.3) is 11.4 Å². The average molecular weight is 447 g/mol. The first kappa shape index (κ1) is 25.3. The lowest BCUT2D eigenvalue weighted by Gasteiger charge is -2.09. The van der Waals surface area contributed by atoms with Crippen molar-refractivity contribution < 1.29 is 0 Å². The van der Waals surface area contributed by atoms with Gasteiger partial charge < -0.3 is 5.41 Å². The number of nitrogens with zero attached hydrogens (tertiary/aromatic N) is 6. The maximum absolute atomic E-state index is 9.67. The van der Waals surface area contributed by atoms with E-state index < -0.39 is 0 Å². The smallest absolute Gasteiger partial charge is 0.270 e. The number of hydrogen-bond donors (Lipinski definition) is 0. The lowest BCUT2D eigenvalue weighted by atomic mass is 9.96. The van der Waals surface area contributed by atoms with Crippen LogP contribution in [0.4, 0.5) is 0 Å². The van der Waals surface area contributed by atoms with E-state index in [4.69, 9.17) is 13.1 Å². The molecule has 0 bridgehead atoms. The Bertz CT molecular complexity index is 1480. The van der Waals surface area contributed by atoms with Crippen molar-refractivity contribution >= 4 is 17.0 Å².